The summed E-state index contributed by atoms with van der Waals surface area (Å²) >= 11 is 0. The molecule has 0 aliphatic carbocycles. The predicted octanol–water partition coefficient (Wildman–Crippen LogP) is 4.05. The second-order valence-electron chi connectivity index (χ2n) is 2.19. The minimum atomic E-state index is -0.627. The third-order valence-electron chi connectivity index (χ3n) is 1.32. The van der Waals surface area contributed by atoms with Gasteiger partial charge in [-0.2, -0.15) is 0 Å². The molecule has 1 rings (SSSR count). The van der Waals surface area contributed by atoms with Crippen LogP contribution in [-0.4, -0.2) is 18.5 Å². The Morgan fingerprint density at radius 2 is 0.917 bits per heavy atom. The first-order chi connectivity index (χ1) is 5.80. The van der Waals surface area contributed by atoms with Crippen LogP contribution in [0.1, 0.15) is 20.8 Å². The highest BCUT2D eigenvalue weighted by Gasteiger charge is 2.29. The highest BCUT2D eigenvalue weighted by molar-refractivity contribution is 7.73. The third kappa shape index (κ3) is 3.14. The average Bonchev–Trinajstić information content (AvgIpc) is 2.16. The predicted molar refractivity (Wildman–Crippen MR) is 55.6 cm³/mol. The molecular weight excluding hydrogens is 213 g/mol. The van der Waals surface area contributed by atoms with Crippen molar-refractivity contribution in [3.8, 4) is 0 Å². The summed E-state index contributed by atoms with van der Waals surface area (Å²) in [5.74, 6) is 0. The smallest absolute Gasteiger partial charge is 0.181 e. The van der Waals surface area contributed by atoms with E-state index in [0.717, 1.165) is 18.5 Å². The summed E-state index contributed by atoms with van der Waals surface area (Å²) in [5.41, 5.74) is 0. The highest BCUT2D eigenvalue weighted by atomic mass is 31.3. The Morgan fingerprint density at radius 3 is 1.08 bits per heavy atom. The minimum absolute atomic E-state index is 0.627. The standard InChI is InChI=1S/C6H15O3P3/c1-4-10-7-11(5-2)9-12(6-3)8-10/h4-6H2,1-3H3. The summed E-state index contributed by atoms with van der Waals surface area (Å²) < 4.78 is 16.9. The Balaban J connectivity index is 2.41. The maximum Gasteiger partial charge on any atom is 0.181 e. The quantitative estimate of drug-likeness (QED) is 0.682. The Bertz CT molecular complexity index is 105. The van der Waals surface area contributed by atoms with Crippen LogP contribution in [0, 0.1) is 0 Å². The van der Waals surface area contributed by atoms with Gasteiger partial charge in [-0.25, -0.2) is 0 Å². The topological polar surface area (TPSA) is 27.7 Å². The van der Waals surface area contributed by atoms with E-state index in [1.54, 1.807) is 0 Å². The monoisotopic (exact) mass is 228 g/mol. The molecule has 3 nitrogen and oxygen atoms in total. The summed E-state index contributed by atoms with van der Waals surface area (Å²) in [6.07, 6.45) is 2.95. The maximum atomic E-state index is 5.62. The lowest BCUT2D eigenvalue weighted by Gasteiger charge is -2.31. The summed E-state index contributed by atoms with van der Waals surface area (Å²) in [6.45, 7) is 6.30. The SMILES string of the molecule is CCP1OP(CC)OP(CC)O1. The molecule has 1 aliphatic heterocycles. The average molecular weight is 228 g/mol. The van der Waals surface area contributed by atoms with Gasteiger partial charge in [0.2, 0.25) is 0 Å². The zero-order valence-electron chi connectivity index (χ0n) is 7.69. The fourth-order valence-electron chi connectivity index (χ4n) is 0.696. The Morgan fingerprint density at radius 1 is 0.667 bits per heavy atom. The van der Waals surface area contributed by atoms with Crippen molar-refractivity contribution in [2.24, 2.45) is 0 Å². The van der Waals surface area contributed by atoms with Gasteiger partial charge in [0.15, 0.2) is 25.1 Å². The molecule has 0 radical (unpaired) electrons. The molecule has 1 heterocycles. The van der Waals surface area contributed by atoms with E-state index < -0.39 is 25.1 Å². The van der Waals surface area contributed by atoms with Crippen LogP contribution in [0.2, 0.25) is 0 Å². The molecule has 12 heavy (non-hydrogen) atoms. The molecule has 1 fully saturated rings. The normalized spacial score (nSPS) is 36.8. The van der Waals surface area contributed by atoms with Crippen molar-refractivity contribution >= 4 is 25.1 Å². The molecule has 0 atom stereocenters. The molecule has 0 amide bonds. The summed E-state index contributed by atoms with van der Waals surface area (Å²) in [6, 6.07) is 0. The van der Waals surface area contributed by atoms with E-state index in [0.29, 0.717) is 0 Å². The van der Waals surface area contributed by atoms with E-state index in [1.807, 2.05) is 0 Å². The second kappa shape index (κ2) is 5.81. The molecule has 0 saturated carbocycles. The Hall–Kier alpha value is 1.17. The maximum absolute atomic E-state index is 5.62. The molecule has 0 spiro atoms. The van der Waals surface area contributed by atoms with Gasteiger partial charge in [0, 0.05) is 18.5 Å². The van der Waals surface area contributed by atoms with Crippen LogP contribution in [0.15, 0.2) is 0 Å². The van der Waals surface area contributed by atoms with Gasteiger partial charge in [-0.05, 0) is 0 Å². The summed E-state index contributed by atoms with van der Waals surface area (Å²) in [4.78, 5) is 0. The zero-order chi connectivity index (χ0) is 8.97. The van der Waals surface area contributed by atoms with Gasteiger partial charge in [0.1, 0.15) is 0 Å². The van der Waals surface area contributed by atoms with Crippen molar-refractivity contribution in [3.05, 3.63) is 0 Å². The van der Waals surface area contributed by atoms with Crippen molar-refractivity contribution < 1.29 is 12.9 Å². The van der Waals surface area contributed by atoms with E-state index in [2.05, 4.69) is 20.8 Å². The van der Waals surface area contributed by atoms with Crippen molar-refractivity contribution in [1.29, 1.82) is 0 Å². The molecule has 0 N–H and O–H groups in total. The minimum Gasteiger partial charge on any atom is -0.282 e. The largest absolute Gasteiger partial charge is 0.282 e. The fraction of sp³-hybridized carbons (Fsp3) is 1.00. The zero-order valence-corrected chi connectivity index (χ0v) is 10.4. The van der Waals surface area contributed by atoms with Crippen LogP contribution in [0.3, 0.4) is 0 Å². The van der Waals surface area contributed by atoms with Gasteiger partial charge in [-0.15, -0.1) is 0 Å². The van der Waals surface area contributed by atoms with Gasteiger partial charge in [-0.1, -0.05) is 20.8 Å². The number of rotatable bonds is 3. The summed E-state index contributed by atoms with van der Waals surface area (Å²) in [5, 5.41) is 0. The molecule has 1 aliphatic rings. The molecule has 0 aromatic rings. The summed E-state index contributed by atoms with van der Waals surface area (Å²) in [7, 11) is -1.88. The first kappa shape index (κ1) is 11.2. The third-order valence-corrected chi connectivity index (χ3v) is 7.24. The first-order valence-electron chi connectivity index (χ1n) is 4.17. The van der Waals surface area contributed by atoms with Gasteiger partial charge in [0.25, 0.3) is 0 Å². The molecule has 1 saturated heterocycles. The Labute approximate surface area is 77.9 Å². The highest BCUT2D eigenvalue weighted by Crippen LogP contribution is 2.71. The van der Waals surface area contributed by atoms with Gasteiger partial charge in [-0.3, -0.25) is 12.9 Å². The lowest BCUT2D eigenvalue weighted by molar-refractivity contribution is 0.416. The first-order valence-corrected chi connectivity index (χ1v) is 8.25. The van der Waals surface area contributed by atoms with Crippen LogP contribution in [0.4, 0.5) is 0 Å². The fourth-order valence-corrected chi connectivity index (χ4v) is 7.07. The molecule has 0 bridgehead atoms. The van der Waals surface area contributed by atoms with E-state index in [4.69, 9.17) is 12.9 Å². The van der Waals surface area contributed by atoms with Crippen LogP contribution < -0.4 is 0 Å². The van der Waals surface area contributed by atoms with Crippen LogP contribution in [-0.2, 0) is 12.9 Å². The lowest BCUT2D eigenvalue weighted by Crippen LogP contribution is -1.98. The van der Waals surface area contributed by atoms with Crippen molar-refractivity contribution in [3.63, 3.8) is 0 Å². The van der Waals surface area contributed by atoms with Crippen molar-refractivity contribution in [2.45, 2.75) is 20.8 Å². The van der Waals surface area contributed by atoms with E-state index >= 15 is 0 Å². The van der Waals surface area contributed by atoms with E-state index in [-0.39, 0.29) is 0 Å². The lowest BCUT2D eigenvalue weighted by atomic mass is 11.0. The Kier molecular flexibility index (Phi) is 5.44. The van der Waals surface area contributed by atoms with Gasteiger partial charge in [0.05, 0.1) is 0 Å². The van der Waals surface area contributed by atoms with Crippen molar-refractivity contribution in [1.82, 2.24) is 0 Å². The van der Waals surface area contributed by atoms with Crippen LogP contribution >= 0.6 is 25.1 Å². The molecule has 6 heteroatoms. The van der Waals surface area contributed by atoms with Crippen LogP contribution in [0.5, 0.6) is 0 Å². The molecule has 0 aromatic heterocycles. The molecule has 72 valence electrons. The molecular formula is C6H15O3P3. The number of hydrogen-bond acceptors (Lipinski definition) is 3. The van der Waals surface area contributed by atoms with Crippen molar-refractivity contribution in [2.75, 3.05) is 18.5 Å². The van der Waals surface area contributed by atoms with Gasteiger partial charge >= 0.3 is 0 Å². The van der Waals surface area contributed by atoms with Crippen LogP contribution in [0.25, 0.3) is 0 Å². The van der Waals surface area contributed by atoms with E-state index in [9.17, 15) is 0 Å². The van der Waals surface area contributed by atoms with E-state index in [1.165, 1.54) is 0 Å². The molecule has 0 aromatic carbocycles. The number of hydrogen-bond donors (Lipinski definition) is 0. The second-order valence-corrected chi connectivity index (χ2v) is 8.05. The molecule has 0 unspecified atom stereocenters. The van der Waals surface area contributed by atoms with Gasteiger partial charge < -0.3 is 0 Å².